The highest BCUT2D eigenvalue weighted by atomic mass is 32.1. The summed E-state index contributed by atoms with van der Waals surface area (Å²) in [6.45, 7) is 7.90. The van der Waals surface area contributed by atoms with Crippen molar-refractivity contribution in [1.29, 1.82) is 0 Å². The molecule has 2 N–H and O–H groups in total. The molecule has 3 heteroatoms. The zero-order valence-corrected chi connectivity index (χ0v) is 11.8. The van der Waals surface area contributed by atoms with Gasteiger partial charge in [0.15, 0.2) is 0 Å². The van der Waals surface area contributed by atoms with Gasteiger partial charge in [0.2, 0.25) is 0 Å². The van der Waals surface area contributed by atoms with Crippen molar-refractivity contribution in [3.8, 4) is 0 Å². The molecule has 17 heavy (non-hydrogen) atoms. The quantitative estimate of drug-likeness (QED) is 0.892. The molecule has 0 radical (unpaired) electrons. The van der Waals surface area contributed by atoms with E-state index in [1.54, 1.807) is 4.88 Å². The lowest BCUT2D eigenvalue weighted by Crippen LogP contribution is -2.37. The molecule has 0 aromatic carbocycles. The van der Waals surface area contributed by atoms with Crippen LogP contribution >= 0.6 is 11.3 Å². The molecule has 1 aromatic rings. The number of hydrogen-bond donors (Lipinski definition) is 1. The third-order valence-corrected chi connectivity index (χ3v) is 5.14. The fourth-order valence-corrected chi connectivity index (χ4v) is 3.92. The molecule has 0 spiro atoms. The zero-order valence-electron chi connectivity index (χ0n) is 11.0. The van der Waals surface area contributed by atoms with Gasteiger partial charge >= 0.3 is 0 Å². The average molecular weight is 252 g/mol. The number of piperidine rings is 1. The van der Waals surface area contributed by atoms with Gasteiger partial charge in [0.1, 0.15) is 0 Å². The van der Waals surface area contributed by atoms with E-state index in [0.717, 1.165) is 12.5 Å². The summed E-state index contributed by atoms with van der Waals surface area (Å²) in [6.07, 6.45) is 3.88. The second kappa shape index (κ2) is 5.98. The van der Waals surface area contributed by atoms with Crippen molar-refractivity contribution in [2.45, 2.75) is 39.2 Å². The van der Waals surface area contributed by atoms with E-state index in [9.17, 15) is 0 Å². The smallest absolute Gasteiger partial charge is 0.0416 e. The van der Waals surface area contributed by atoms with E-state index in [1.807, 2.05) is 11.3 Å². The van der Waals surface area contributed by atoms with Crippen molar-refractivity contribution in [2.75, 3.05) is 19.6 Å². The van der Waals surface area contributed by atoms with Gasteiger partial charge in [0.25, 0.3) is 0 Å². The van der Waals surface area contributed by atoms with E-state index < -0.39 is 0 Å². The largest absolute Gasteiger partial charge is 0.330 e. The lowest BCUT2D eigenvalue weighted by molar-refractivity contribution is 0.130. The Morgan fingerprint density at radius 1 is 1.59 bits per heavy atom. The summed E-state index contributed by atoms with van der Waals surface area (Å²) in [5, 5.41) is 2.21. The number of likely N-dealkylation sites (tertiary alicyclic amines) is 1. The third-order valence-electron chi connectivity index (χ3n) is 3.95. The van der Waals surface area contributed by atoms with Gasteiger partial charge in [-0.15, -0.1) is 11.3 Å². The molecular weight excluding hydrogens is 228 g/mol. The summed E-state index contributed by atoms with van der Waals surface area (Å²) in [7, 11) is 0. The molecule has 0 amide bonds. The SMILES string of the molecule is Cc1ccsc1C(C)N1CCCC(CCN)C1. The zero-order chi connectivity index (χ0) is 12.3. The second-order valence-corrected chi connectivity index (χ2v) is 6.17. The van der Waals surface area contributed by atoms with Crippen LogP contribution in [0.1, 0.15) is 42.7 Å². The summed E-state index contributed by atoms with van der Waals surface area (Å²) < 4.78 is 0. The Morgan fingerprint density at radius 2 is 2.41 bits per heavy atom. The van der Waals surface area contributed by atoms with Crippen LogP contribution in [0, 0.1) is 12.8 Å². The van der Waals surface area contributed by atoms with Crippen molar-refractivity contribution in [1.82, 2.24) is 4.90 Å². The Labute approximate surface area is 109 Å². The van der Waals surface area contributed by atoms with Crippen LogP contribution in [0.5, 0.6) is 0 Å². The second-order valence-electron chi connectivity index (χ2n) is 5.22. The summed E-state index contributed by atoms with van der Waals surface area (Å²) in [6, 6.07) is 2.81. The predicted molar refractivity (Wildman–Crippen MR) is 75.4 cm³/mol. The average Bonchev–Trinajstić information content (AvgIpc) is 2.75. The Kier molecular flexibility index (Phi) is 4.60. The van der Waals surface area contributed by atoms with Crippen LogP contribution in [0.4, 0.5) is 0 Å². The molecule has 1 aliphatic heterocycles. The topological polar surface area (TPSA) is 29.3 Å². The molecule has 1 aromatic heterocycles. The maximum atomic E-state index is 5.68. The van der Waals surface area contributed by atoms with Crippen LogP contribution in [-0.2, 0) is 0 Å². The predicted octanol–water partition coefficient (Wildman–Crippen LogP) is 3.18. The molecule has 96 valence electrons. The molecular formula is C14H24N2S. The summed E-state index contributed by atoms with van der Waals surface area (Å²) in [5.74, 6) is 0.816. The molecule has 2 atom stereocenters. The van der Waals surface area contributed by atoms with E-state index in [1.165, 1.54) is 37.9 Å². The lowest BCUT2D eigenvalue weighted by atomic mass is 9.93. The van der Waals surface area contributed by atoms with Crippen LogP contribution in [0.15, 0.2) is 11.4 Å². The van der Waals surface area contributed by atoms with Gasteiger partial charge in [-0.1, -0.05) is 0 Å². The molecule has 1 fully saturated rings. The number of rotatable bonds is 4. The van der Waals surface area contributed by atoms with Crippen molar-refractivity contribution in [3.63, 3.8) is 0 Å². The minimum Gasteiger partial charge on any atom is -0.330 e. The highest BCUT2D eigenvalue weighted by molar-refractivity contribution is 7.10. The van der Waals surface area contributed by atoms with Crippen molar-refractivity contribution in [2.24, 2.45) is 11.7 Å². The molecule has 1 aliphatic rings. The molecule has 2 nitrogen and oxygen atoms in total. The fraction of sp³-hybridized carbons (Fsp3) is 0.714. The monoisotopic (exact) mass is 252 g/mol. The minimum atomic E-state index is 0.579. The Balaban J connectivity index is 1.99. The minimum absolute atomic E-state index is 0.579. The Bertz CT molecular complexity index is 346. The van der Waals surface area contributed by atoms with Crippen molar-refractivity contribution < 1.29 is 0 Å². The number of aryl methyl sites for hydroxylation is 1. The van der Waals surface area contributed by atoms with Crippen LogP contribution in [0.3, 0.4) is 0 Å². The van der Waals surface area contributed by atoms with Crippen molar-refractivity contribution in [3.05, 3.63) is 21.9 Å². The number of nitrogens with two attached hydrogens (primary N) is 1. The van der Waals surface area contributed by atoms with E-state index in [-0.39, 0.29) is 0 Å². The molecule has 2 rings (SSSR count). The van der Waals surface area contributed by atoms with Gasteiger partial charge in [-0.3, -0.25) is 4.90 Å². The standard InChI is InChI=1S/C14H24N2S/c1-11-6-9-17-14(11)12(2)16-8-3-4-13(10-16)5-7-15/h6,9,12-13H,3-5,7-8,10,15H2,1-2H3. The molecule has 2 unspecified atom stereocenters. The molecule has 2 heterocycles. The highest BCUT2D eigenvalue weighted by Gasteiger charge is 2.25. The van der Waals surface area contributed by atoms with E-state index in [2.05, 4.69) is 30.2 Å². The molecule has 0 aliphatic carbocycles. The molecule has 0 saturated carbocycles. The van der Waals surface area contributed by atoms with Gasteiger partial charge in [0, 0.05) is 17.5 Å². The Morgan fingerprint density at radius 3 is 3.06 bits per heavy atom. The van der Waals surface area contributed by atoms with Crippen LogP contribution < -0.4 is 5.73 Å². The summed E-state index contributed by atoms with van der Waals surface area (Å²) in [4.78, 5) is 4.18. The van der Waals surface area contributed by atoms with Crippen LogP contribution in [0.2, 0.25) is 0 Å². The summed E-state index contributed by atoms with van der Waals surface area (Å²) in [5.41, 5.74) is 7.13. The maximum Gasteiger partial charge on any atom is 0.0416 e. The highest BCUT2D eigenvalue weighted by Crippen LogP contribution is 2.32. The van der Waals surface area contributed by atoms with Gasteiger partial charge < -0.3 is 5.73 Å². The molecule has 0 bridgehead atoms. The number of thiophene rings is 1. The Hall–Kier alpha value is -0.380. The first-order chi connectivity index (χ1) is 8.22. The number of hydrogen-bond acceptors (Lipinski definition) is 3. The van der Waals surface area contributed by atoms with Gasteiger partial charge in [-0.05, 0) is 69.1 Å². The first-order valence-electron chi connectivity index (χ1n) is 6.70. The van der Waals surface area contributed by atoms with E-state index in [0.29, 0.717) is 6.04 Å². The van der Waals surface area contributed by atoms with Crippen LogP contribution in [-0.4, -0.2) is 24.5 Å². The first-order valence-corrected chi connectivity index (χ1v) is 7.58. The van der Waals surface area contributed by atoms with Crippen LogP contribution in [0.25, 0.3) is 0 Å². The van der Waals surface area contributed by atoms with E-state index in [4.69, 9.17) is 5.73 Å². The van der Waals surface area contributed by atoms with E-state index >= 15 is 0 Å². The third kappa shape index (κ3) is 3.09. The summed E-state index contributed by atoms with van der Waals surface area (Å²) >= 11 is 1.90. The first kappa shape index (κ1) is 13.1. The van der Waals surface area contributed by atoms with Gasteiger partial charge in [-0.25, -0.2) is 0 Å². The maximum absolute atomic E-state index is 5.68. The van der Waals surface area contributed by atoms with Gasteiger partial charge in [-0.2, -0.15) is 0 Å². The normalized spacial score (nSPS) is 23.8. The molecule has 1 saturated heterocycles. The van der Waals surface area contributed by atoms with Crippen molar-refractivity contribution >= 4 is 11.3 Å². The lowest BCUT2D eigenvalue weighted by Gasteiger charge is -2.36. The number of nitrogens with zero attached hydrogens (tertiary/aromatic N) is 1. The van der Waals surface area contributed by atoms with Gasteiger partial charge in [0.05, 0.1) is 0 Å². The fourth-order valence-electron chi connectivity index (χ4n) is 2.90.